The molecule has 0 aromatic carbocycles. The number of alkyl carbamates (subject to hydrolysis) is 1. The second kappa shape index (κ2) is 6.69. The fourth-order valence-corrected chi connectivity index (χ4v) is 2.49. The first-order chi connectivity index (χ1) is 9.77. The van der Waals surface area contributed by atoms with Crippen molar-refractivity contribution in [3.8, 4) is 0 Å². The van der Waals surface area contributed by atoms with Gasteiger partial charge in [0.05, 0.1) is 19.4 Å². The summed E-state index contributed by atoms with van der Waals surface area (Å²) in [5.41, 5.74) is -0.647. The van der Waals surface area contributed by atoms with Crippen molar-refractivity contribution in [3.63, 3.8) is 0 Å². The van der Waals surface area contributed by atoms with Gasteiger partial charge in [-0.2, -0.15) is 8.42 Å². The van der Waals surface area contributed by atoms with E-state index in [1.165, 1.54) is 0 Å². The first-order valence-electron chi connectivity index (χ1n) is 6.94. The maximum atomic E-state index is 11.7. The number of ether oxygens (including phenoxy) is 3. The Morgan fingerprint density at radius 1 is 1.41 bits per heavy atom. The first-order valence-corrected chi connectivity index (χ1v) is 8.76. The quantitative estimate of drug-likeness (QED) is 0.746. The predicted molar refractivity (Wildman–Crippen MR) is 78.9 cm³/mol. The Balaban J connectivity index is 2.66. The molecule has 22 heavy (non-hydrogen) atoms. The van der Waals surface area contributed by atoms with E-state index in [1.807, 2.05) is 0 Å². The summed E-state index contributed by atoms with van der Waals surface area (Å²) in [6.45, 7) is 8.71. The maximum Gasteiger partial charge on any atom is 0.407 e. The average Bonchev–Trinajstić information content (AvgIpc) is 2.61. The fourth-order valence-electron chi connectivity index (χ4n) is 1.85. The number of nitrogens with one attached hydrogen (secondary N) is 1. The van der Waals surface area contributed by atoms with Crippen LogP contribution in [0.2, 0.25) is 0 Å². The third-order valence-corrected chi connectivity index (χ3v) is 3.19. The van der Waals surface area contributed by atoms with E-state index in [0.29, 0.717) is 0 Å². The van der Waals surface area contributed by atoms with Crippen LogP contribution in [0.25, 0.3) is 0 Å². The molecule has 0 aromatic heterocycles. The first kappa shape index (κ1) is 19.1. The summed E-state index contributed by atoms with van der Waals surface area (Å²) in [5.74, 6) is -0.824. The Hall–Kier alpha value is -0.900. The van der Waals surface area contributed by atoms with Gasteiger partial charge < -0.3 is 19.5 Å². The van der Waals surface area contributed by atoms with Crippen LogP contribution in [0.3, 0.4) is 0 Å². The molecule has 0 bridgehead atoms. The van der Waals surface area contributed by atoms with Crippen molar-refractivity contribution in [1.29, 1.82) is 0 Å². The van der Waals surface area contributed by atoms with Gasteiger partial charge in [-0.1, -0.05) is 0 Å². The Morgan fingerprint density at radius 2 is 2.00 bits per heavy atom. The van der Waals surface area contributed by atoms with E-state index in [2.05, 4.69) is 5.32 Å². The molecule has 1 fully saturated rings. The molecule has 1 amide bonds. The molecule has 1 aliphatic rings. The highest BCUT2D eigenvalue weighted by Gasteiger charge is 2.39. The van der Waals surface area contributed by atoms with Gasteiger partial charge in [0.1, 0.15) is 17.8 Å². The highest BCUT2D eigenvalue weighted by Crippen LogP contribution is 2.25. The fraction of sp³-hybridized carbons (Fsp3) is 0.923. The molecule has 0 saturated carbocycles. The SMILES string of the molecule is CC(C)(C)OC(=O)NCC(OS(C)(=O)=O)[C@H]1COC(C)(C)O1. The third kappa shape index (κ3) is 7.39. The van der Waals surface area contributed by atoms with Crippen LogP contribution in [0.15, 0.2) is 0 Å². The zero-order chi connectivity index (χ0) is 17.2. The zero-order valence-corrected chi connectivity index (χ0v) is 14.7. The van der Waals surface area contributed by atoms with Crippen molar-refractivity contribution < 1.29 is 31.6 Å². The van der Waals surface area contributed by atoms with Crippen LogP contribution in [-0.2, 0) is 28.5 Å². The lowest BCUT2D eigenvalue weighted by Crippen LogP contribution is -2.44. The Kier molecular flexibility index (Phi) is 5.82. The van der Waals surface area contributed by atoms with Crippen molar-refractivity contribution in [1.82, 2.24) is 5.32 Å². The molecule has 2 atom stereocenters. The van der Waals surface area contributed by atoms with Gasteiger partial charge in [-0.15, -0.1) is 0 Å². The minimum absolute atomic E-state index is 0.0773. The lowest BCUT2D eigenvalue weighted by atomic mass is 10.2. The normalized spacial score (nSPS) is 23.1. The Morgan fingerprint density at radius 3 is 2.41 bits per heavy atom. The van der Waals surface area contributed by atoms with Gasteiger partial charge >= 0.3 is 6.09 Å². The number of rotatable bonds is 5. The van der Waals surface area contributed by atoms with Gasteiger partial charge in [-0.3, -0.25) is 4.18 Å². The van der Waals surface area contributed by atoms with E-state index in [-0.39, 0.29) is 13.2 Å². The lowest BCUT2D eigenvalue weighted by Gasteiger charge is -2.25. The monoisotopic (exact) mass is 339 g/mol. The molecule has 1 N–H and O–H groups in total. The minimum Gasteiger partial charge on any atom is -0.444 e. The van der Waals surface area contributed by atoms with Gasteiger partial charge in [-0.05, 0) is 34.6 Å². The van der Waals surface area contributed by atoms with Gasteiger partial charge in [0.25, 0.3) is 10.1 Å². The molecular formula is C13H25NO7S. The standard InChI is InChI=1S/C13H25NO7S/c1-12(2,3)20-11(15)14-7-9(21-22(6,16)17)10-8-18-13(4,5)19-10/h9-10H,7-8H2,1-6H3,(H,14,15)/t9?,10-/m1/s1. The van der Waals surface area contributed by atoms with Gasteiger partial charge in [0, 0.05) is 0 Å². The van der Waals surface area contributed by atoms with Crippen LogP contribution in [-0.4, -0.2) is 57.5 Å². The van der Waals surface area contributed by atoms with E-state index in [0.717, 1.165) is 6.26 Å². The smallest absolute Gasteiger partial charge is 0.407 e. The van der Waals surface area contributed by atoms with Gasteiger partial charge in [0.15, 0.2) is 5.79 Å². The molecule has 1 aliphatic heterocycles. The van der Waals surface area contributed by atoms with Crippen LogP contribution in [0.1, 0.15) is 34.6 Å². The summed E-state index contributed by atoms with van der Waals surface area (Å²) < 4.78 is 43.8. The summed E-state index contributed by atoms with van der Waals surface area (Å²) >= 11 is 0. The van der Waals surface area contributed by atoms with Crippen molar-refractivity contribution in [2.24, 2.45) is 0 Å². The van der Waals surface area contributed by atoms with Crippen LogP contribution in [0, 0.1) is 0 Å². The van der Waals surface area contributed by atoms with Crippen LogP contribution < -0.4 is 5.32 Å². The Bertz CT molecular complexity index is 495. The summed E-state index contributed by atoms with van der Waals surface area (Å²) in [7, 11) is -3.71. The number of hydrogen-bond donors (Lipinski definition) is 1. The van der Waals surface area contributed by atoms with Crippen LogP contribution in [0.4, 0.5) is 4.79 Å². The van der Waals surface area contributed by atoms with E-state index in [9.17, 15) is 13.2 Å². The average molecular weight is 339 g/mol. The molecule has 0 aliphatic carbocycles. The molecule has 0 radical (unpaired) electrons. The number of carbonyl (C=O) groups is 1. The number of carbonyl (C=O) groups excluding carboxylic acids is 1. The van der Waals surface area contributed by atoms with E-state index in [1.54, 1.807) is 34.6 Å². The second-order valence-corrected chi connectivity index (χ2v) is 8.19. The summed E-state index contributed by atoms with van der Waals surface area (Å²) in [6, 6.07) is 0. The van der Waals surface area contributed by atoms with Gasteiger partial charge in [-0.25, -0.2) is 4.79 Å². The number of hydrogen-bond acceptors (Lipinski definition) is 7. The molecular weight excluding hydrogens is 314 g/mol. The van der Waals surface area contributed by atoms with Gasteiger partial charge in [0.2, 0.25) is 0 Å². The molecule has 130 valence electrons. The molecule has 8 nitrogen and oxygen atoms in total. The van der Waals surface area contributed by atoms with Crippen LogP contribution >= 0.6 is 0 Å². The topological polar surface area (TPSA) is 100 Å². The molecule has 9 heteroatoms. The molecule has 1 heterocycles. The molecule has 0 aromatic rings. The lowest BCUT2D eigenvalue weighted by molar-refractivity contribution is -0.148. The van der Waals surface area contributed by atoms with E-state index in [4.69, 9.17) is 18.4 Å². The highest BCUT2D eigenvalue weighted by molar-refractivity contribution is 7.86. The van der Waals surface area contributed by atoms with E-state index >= 15 is 0 Å². The maximum absolute atomic E-state index is 11.7. The van der Waals surface area contributed by atoms with E-state index < -0.39 is 39.8 Å². The Labute approximate surface area is 131 Å². The molecule has 0 spiro atoms. The third-order valence-electron chi connectivity index (χ3n) is 2.59. The molecule has 1 rings (SSSR count). The largest absolute Gasteiger partial charge is 0.444 e. The summed E-state index contributed by atoms with van der Waals surface area (Å²) in [6.07, 6.45) is -1.23. The summed E-state index contributed by atoms with van der Waals surface area (Å²) in [5, 5.41) is 2.48. The second-order valence-electron chi connectivity index (χ2n) is 6.59. The molecule has 1 unspecified atom stereocenters. The van der Waals surface area contributed by atoms with Crippen LogP contribution in [0.5, 0.6) is 0 Å². The van der Waals surface area contributed by atoms with Crippen molar-refractivity contribution in [3.05, 3.63) is 0 Å². The van der Waals surface area contributed by atoms with Crippen molar-refractivity contribution >= 4 is 16.2 Å². The van der Waals surface area contributed by atoms with Crippen molar-refractivity contribution in [2.45, 2.75) is 58.2 Å². The molecule has 1 saturated heterocycles. The predicted octanol–water partition coefficient (Wildman–Crippen LogP) is 1.01. The highest BCUT2D eigenvalue weighted by atomic mass is 32.2. The zero-order valence-electron chi connectivity index (χ0n) is 13.8. The minimum atomic E-state index is -3.71. The van der Waals surface area contributed by atoms with Crippen molar-refractivity contribution in [2.75, 3.05) is 19.4 Å². The summed E-state index contributed by atoms with van der Waals surface area (Å²) in [4.78, 5) is 11.7. The number of amides is 1.